The quantitative estimate of drug-likeness (QED) is 0.353. The maximum atomic E-state index is 5.51. The number of guanidine groups is 1. The second kappa shape index (κ2) is 11.8. The first-order chi connectivity index (χ1) is 13.2. The van der Waals surface area contributed by atoms with Crippen LogP contribution >= 0.6 is 24.0 Å². The van der Waals surface area contributed by atoms with E-state index in [-0.39, 0.29) is 24.0 Å². The van der Waals surface area contributed by atoms with Crippen molar-refractivity contribution in [1.29, 1.82) is 0 Å². The average molecular weight is 502 g/mol. The molecule has 1 N–H and O–H groups in total. The first-order valence-corrected chi connectivity index (χ1v) is 10.1. The van der Waals surface area contributed by atoms with Gasteiger partial charge in [-0.2, -0.15) is 0 Å². The molecular weight excluding hydrogens is 467 g/mol. The Hall–Kier alpha value is -1.06. The summed E-state index contributed by atoms with van der Waals surface area (Å²) in [4.78, 5) is 9.31. The predicted molar refractivity (Wildman–Crippen MR) is 125 cm³/mol. The number of rotatable bonds is 7. The monoisotopic (exact) mass is 502 g/mol. The van der Waals surface area contributed by atoms with Crippen molar-refractivity contribution in [1.82, 2.24) is 15.1 Å². The summed E-state index contributed by atoms with van der Waals surface area (Å²) in [5.41, 5.74) is 1.33. The van der Waals surface area contributed by atoms with Crippen LogP contribution < -0.4 is 10.1 Å². The smallest absolute Gasteiger partial charge is 0.193 e. The predicted octanol–water partition coefficient (Wildman–Crippen LogP) is 2.99. The van der Waals surface area contributed by atoms with E-state index in [9.17, 15) is 0 Å². The molecule has 0 aliphatic carbocycles. The van der Waals surface area contributed by atoms with Gasteiger partial charge in [-0.3, -0.25) is 9.89 Å². The van der Waals surface area contributed by atoms with Crippen LogP contribution in [0.5, 0.6) is 5.75 Å². The molecule has 28 heavy (non-hydrogen) atoms. The van der Waals surface area contributed by atoms with Crippen LogP contribution in [-0.2, 0) is 4.74 Å². The lowest BCUT2D eigenvalue weighted by molar-refractivity contribution is 0.181. The maximum absolute atomic E-state index is 5.51. The third-order valence-electron chi connectivity index (χ3n) is 5.66. The van der Waals surface area contributed by atoms with Crippen LogP contribution in [-0.4, -0.2) is 76.4 Å². The number of methoxy groups -OCH3 is 1. The molecule has 2 aliphatic heterocycles. The summed E-state index contributed by atoms with van der Waals surface area (Å²) in [6.07, 6.45) is 3.70. The fourth-order valence-corrected chi connectivity index (χ4v) is 4.11. The van der Waals surface area contributed by atoms with Gasteiger partial charge in [-0.1, -0.05) is 12.1 Å². The molecule has 0 spiro atoms. The molecule has 6 nitrogen and oxygen atoms in total. The van der Waals surface area contributed by atoms with Crippen LogP contribution in [0.2, 0.25) is 0 Å². The zero-order chi connectivity index (χ0) is 19.1. The molecule has 2 heterocycles. The molecule has 158 valence electrons. The van der Waals surface area contributed by atoms with E-state index in [0.29, 0.717) is 12.0 Å². The molecule has 2 unspecified atom stereocenters. The highest BCUT2D eigenvalue weighted by Gasteiger charge is 2.25. The molecule has 0 saturated carbocycles. The Kier molecular flexibility index (Phi) is 9.81. The molecule has 0 aromatic heterocycles. The number of hydrogen-bond acceptors (Lipinski definition) is 4. The summed E-state index contributed by atoms with van der Waals surface area (Å²) < 4.78 is 10.8. The lowest BCUT2D eigenvalue weighted by atomic mass is 10.1. The van der Waals surface area contributed by atoms with Gasteiger partial charge in [0.2, 0.25) is 0 Å². The van der Waals surface area contributed by atoms with Crippen LogP contribution in [0.1, 0.15) is 30.9 Å². The largest absolute Gasteiger partial charge is 0.497 e. The minimum absolute atomic E-state index is 0. The van der Waals surface area contributed by atoms with Crippen molar-refractivity contribution >= 4 is 29.9 Å². The van der Waals surface area contributed by atoms with Crippen LogP contribution in [0.25, 0.3) is 0 Å². The first-order valence-electron chi connectivity index (χ1n) is 10.1. The van der Waals surface area contributed by atoms with Crippen LogP contribution in [0, 0.1) is 5.92 Å². The standard InChI is InChI=1S/C21H34N4O2.HI/c1-22-21(24(2)15-17-10-13-27-16-17)23-14-20(25-11-4-5-12-25)18-6-8-19(26-3)9-7-18;/h6-9,17,20H,4-5,10-16H2,1-3H3,(H,22,23);1H. The van der Waals surface area contributed by atoms with Crippen molar-refractivity contribution in [2.45, 2.75) is 25.3 Å². The number of likely N-dealkylation sites (tertiary alicyclic amines) is 1. The maximum Gasteiger partial charge on any atom is 0.193 e. The van der Waals surface area contributed by atoms with Crippen molar-refractivity contribution in [3.05, 3.63) is 29.8 Å². The molecule has 2 atom stereocenters. The third-order valence-corrected chi connectivity index (χ3v) is 5.66. The number of aliphatic imine (C=N–C) groups is 1. The Bertz CT molecular complexity index is 599. The zero-order valence-electron chi connectivity index (χ0n) is 17.4. The minimum atomic E-state index is 0. The molecule has 2 aliphatic rings. The van der Waals surface area contributed by atoms with E-state index in [4.69, 9.17) is 9.47 Å². The van der Waals surface area contributed by atoms with E-state index in [1.165, 1.54) is 18.4 Å². The van der Waals surface area contributed by atoms with Gasteiger partial charge in [0, 0.05) is 39.7 Å². The van der Waals surface area contributed by atoms with Crippen LogP contribution in [0.4, 0.5) is 0 Å². The second-order valence-electron chi connectivity index (χ2n) is 7.57. The van der Waals surface area contributed by atoms with E-state index < -0.39 is 0 Å². The molecule has 2 fully saturated rings. The zero-order valence-corrected chi connectivity index (χ0v) is 19.7. The number of ether oxygens (including phenoxy) is 2. The lowest BCUT2D eigenvalue weighted by Crippen LogP contribution is -2.45. The highest BCUT2D eigenvalue weighted by atomic mass is 127. The Morgan fingerprint density at radius 3 is 2.61 bits per heavy atom. The van der Waals surface area contributed by atoms with E-state index >= 15 is 0 Å². The van der Waals surface area contributed by atoms with E-state index in [1.807, 2.05) is 7.05 Å². The van der Waals surface area contributed by atoms with E-state index in [0.717, 1.165) is 57.5 Å². The molecule has 1 aromatic carbocycles. The SMILES string of the molecule is CN=C(NCC(c1ccc(OC)cc1)N1CCCC1)N(C)CC1CCOC1.I. The second-order valence-corrected chi connectivity index (χ2v) is 7.57. The molecule has 7 heteroatoms. The summed E-state index contributed by atoms with van der Waals surface area (Å²) >= 11 is 0. The lowest BCUT2D eigenvalue weighted by Gasteiger charge is -2.31. The average Bonchev–Trinajstić information content (AvgIpc) is 3.40. The van der Waals surface area contributed by atoms with Crippen molar-refractivity contribution in [3.8, 4) is 5.75 Å². The van der Waals surface area contributed by atoms with Gasteiger partial charge in [-0.25, -0.2) is 0 Å². The summed E-state index contributed by atoms with van der Waals surface area (Å²) in [5.74, 6) is 2.46. The molecule has 2 saturated heterocycles. The number of benzene rings is 1. The normalized spacial score (nSPS) is 21.2. The van der Waals surface area contributed by atoms with Gasteiger partial charge < -0.3 is 19.7 Å². The number of halogens is 1. The van der Waals surface area contributed by atoms with Crippen molar-refractivity contribution < 1.29 is 9.47 Å². The fourth-order valence-electron chi connectivity index (χ4n) is 4.11. The van der Waals surface area contributed by atoms with Gasteiger partial charge in [0.1, 0.15) is 5.75 Å². The van der Waals surface area contributed by atoms with Crippen molar-refractivity contribution in [3.63, 3.8) is 0 Å². The van der Waals surface area contributed by atoms with Crippen LogP contribution in [0.3, 0.4) is 0 Å². The van der Waals surface area contributed by atoms with Gasteiger partial charge >= 0.3 is 0 Å². The first kappa shape index (κ1) is 23.2. The third kappa shape index (κ3) is 6.22. The van der Waals surface area contributed by atoms with Crippen LogP contribution in [0.15, 0.2) is 29.3 Å². The van der Waals surface area contributed by atoms with Crippen molar-refractivity contribution in [2.24, 2.45) is 10.9 Å². The highest BCUT2D eigenvalue weighted by molar-refractivity contribution is 14.0. The number of hydrogen-bond donors (Lipinski definition) is 1. The van der Waals surface area contributed by atoms with Gasteiger partial charge in [0.15, 0.2) is 5.96 Å². The Morgan fingerprint density at radius 2 is 2.04 bits per heavy atom. The summed E-state index contributed by atoms with van der Waals surface area (Å²) in [6.45, 7) is 5.90. The number of nitrogens with zero attached hydrogens (tertiary/aromatic N) is 3. The molecular formula is C21H35IN4O2. The summed E-state index contributed by atoms with van der Waals surface area (Å²) in [6, 6.07) is 8.83. The number of nitrogens with one attached hydrogen (secondary N) is 1. The Morgan fingerprint density at radius 1 is 1.32 bits per heavy atom. The molecule has 0 amide bonds. The molecule has 0 radical (unpaired) electrons. The van der Waals surface area contributed by atoms with Crippen molar-refractivity contribution in [2.75, 3.05) is 60.6 Å². The molecule has 1 aromatic rings. The highest BCUT2D eigenvalue weighted by Crippen LogP contribution is 2.26. The topological polar surface area (TPSA) is 49.3 Å². The minimum Gasteiger partial charge on any atom is -0.497 e. The van der Waals surface area contributed by atoms with Gasteiger partial charge in [-0.05, 0) is 50.0 Å². The van der Waals surface area contributed by atoms with Gasteiger partial charge in [0.05, 0.1) is 19.8 Å². The summed E-state index contributed by atoms with van der Waals surface area (Å²) in [5, 5.41) is 3.61. The summed E-state index contributed by atoms with van der Waals surface area (Å²) in [7, 11) is 5.69. The Labute approximate surface area is 186 Å². The molecule has 0 bridgehead atoms. The fraction of sp³-hybridized carbons (Fsp3) is 0.667. The van der Waals surface area contributed by atoms with E-state index in [1.54, 1.807) is 7.11 Å². The van der Waals surface area contributed by atoms with Gasteiger partial charge in [-0.15, -0.1) is 24.0 Å². The Balaban J connectivity index is 0.00000280. The molecule has 3 rings (SSSR count). The van der Waals surface area contributed by atoms with E-state index in [2.05, 4.69) is 51.4 Å². The van der Waals surface area contributed by atoms with Gasteiger partial charge in [0.25, 0.3) is 0 Å².